The minimum atomic E-state index is -0.0905. The van der Waals surface area contributed by atoms with Crippen LogP contribution < -0.4 is 11.3 Å². The van der Waals surface area contributed by atoms with E-state index in [0.29, 0.717) is 12.0 Å². The van der Waals surface area contributed by atoms with E-state index in [-0.39, 0.29) is 11.9 Å². The Bertz CT molecular complexity index is 227. The van der Waals surface area contributed by atoms with E-state index in [0.717, 1.165) is 32.2 Å². The van der Waals surface area contributed by atoms with Gasteiger partial charge in [-0.05, 0) is 25.2 Å². The van der Waals surface area contributed by atoms with Crippen LogP contribution in [-0.2, 0) is 4.79 Å². The van der Waals surface area contributed by atoms with E-state index < -0.39 is 0 Å². The molecule has 1 amide bonds. The Morgan fingerprint density at radius 3 is 2.11 bits per heavy atom. The Morgan fingerprint density at radius 2 is 1.78 bits per heavy atom. The Kier molecular flexibility index (Phi) is 9.02. The fraction of sp³-hybridized carbons (Fsp3) is 0.929. The van der Waals surface area contributed by atoms with Crippen LogP contribution in [0.15, 0.2) is 0 Å². The second-order valence-corrected chi connectivity index (χ2v) is 5.37. The van der Waals surface area contributed by atoms with Crippen molar-refractivity contribution >= 4 is 5.91 Å². The molecule has 18 heavy (non-hydrogen) atoms. The van der Waals surface area contributed by atoms with Crippen LogP contribution in [0.1, 0.15) is 60.3 Å². The number of hydrogen-bond donors (Lipinski definition) is 2. The SMILES string of the molecule is CCCC(C(=O)NN)N(CC(C)C)C(CC)CC. The summed E-state index contributed by atoms with van der Waals surface area (Å²) in [6.45, 7) is 11.8. The van der Waals surface area contributed by atoms with E-state index in [4.69, 9.17) is 5.84 Å². The number of nitrogens with one attached hydrogen (secondary N) is 1. The third-order valence-corrected chi connectivity index (χ3v) is 3.39. The lowest BCUT2D eigenvalue weighted by Crippen LogP contribution is -2.53. The zero-order valence-electron chi connectivity index (χ0n) is 12.7. The number of carbonyl (C=O) groups excluding carboxylic acids is 1. The maximum absolute atomic E-state index is 12.0. The van der Waals surface area contributed by atoms with Crippen molar-refractivity contribution in [3.05, 3.63) is 0 Å². The van der Waals surface area contributed by atoms with E-state index >= 15 is 0 Å². The predicted octanol–water partition coefficient (Wildman–Crippen LogP) is 2.29. The molecule has 4 nitrogen and oxygen atoms in total. The van der Waals surface area contributed by atoms with Gasteiger partial charge in [0.05, 0.1) is 6.04 Å². The van der Waals surface area contributed by atoms with Gasteiger partial charge in [0, 0.05) is 12.6 Å². The third kappa shape index (κ3) is 5.36. The quantitative estimate of drug-likeness (QED) is 0.378. The molecule has 0 aromatic carbocycles. The number of amides is 1. The molecule has 0 heterocycles. The van der Waals surface area contributed by atoms with Crippen molar-refractivity contribution in [2.45, 2.75) is 72.4 Å². The van der Waals surface area contributed by atoms with Crippen LogP contribution in [0.3, 0.4) is 0 Å². The van der Waals surface area contributed by atoms with Gasteiger partial charge in [-0.15, -0.1) is 0 Å². The molecule has 0 spiro atoms. The fourth-order valence-electron chi connectivity index (χ4n) is 2.53. The fourth-order valence-corrected chi connectivity index (χ4v) is 2.53. The summed E-state index contributed by atoms with van der Waals surface area (Å²) in [5.74, 6) is 5.83. The van der Waals surface area contributed by atoms with Crippen molar-refractivity contribution < 1.29 is 4.79 Å². The minimum Gasteiger partial charge on any atom is -0.293 e. The summed E-state index contributed by atoms with van der Waals surface area (Å²) >= 11 is 0. The van der Waals surface area contributed by atoms with Crippen LogP contribution in [0, 0.1) is 5.92 Å². The molecule has 4 heteroatoms. The minimum absolute atomic E-state index is 0.0515. The molecule has 0 aromatic rings. The van der Waals surface area contributed by atoms with E-state index in [1.165, 1.54) is 0 Å². The zero-order chi connectivity index (χ0) is 14.1. The Balaban J connectivity index is 5.00. The Labute approximate surface area is 112 Å². The average molecular weight is 257 g/mol. The number of rotatable bonds is 9. The molecular weight excluding hydrogens is 226 g/mol. The molecule has 0 saturated heterocycles. The second kappa shape index (κ2) is 9.34. The topological polar surface area (TPSA) is 58.4 Å². The maximum Gasteiger partial charge on any atom is 0.251 e. The normalized spacial score (nSPS) is 13.4. The van der Waals surface area contributed by atoms with Gasteiger partial charge >= 0.3 is 0 Å². The van der Waals surface area contributed by atoms with Crippen molar-refractivity contribution in [1.82, 2.24) is 10.3 Å². The molecule has 0 rings (SSSR count). The second-order valence-electron chi connectivity index (χ2n) is 5.37. The molecule has 0 fully saturated rings. The molecule has 0 saturated carbocycles. The highest BCUT2D eigenvalue weighted by molar-refractivity contribution is 5.81. The maximum atomic E-state index is 12.0. The highest BCUT2D eigenvalue weighted by Gasteiger charge is 2.29. The molecule has 0 aromatic heterocycles. The van der Waals surface area contributed by atoms with E-state index in [1.54, 1.807) is 0 Å². The summed E-state index contributed by atoms with van der Waals surface area (Å²) in [7, 11) is 0. The summed E-state index contributed by atoms with van der Waals surface area (Å²) in [4.78, 5) is 14.3. The molecule has 3 N–H and O–H groups in total. The highest BCUT2D eigenvalue weighted by atomic mass is 16.2. The van der Waals surface area contributed by atoms with Gasteiger partial charge < -0.3 is 0 Å². The summed E-state index contributed by atoms with van der Waals surface area (Å²) < 4.78 is 0. The lowest BCUT2D eigenvalue weighted by atomic mass is 10.0. The van der Waals surface area contributed by atoms with Gasteiger partial charge in [0.25, 0.3) is 5.91 Å². The number of nitrogens with zero attached hydrogens (tertiary/aromatic N) is 1. The summed E-state index contributed by atoms with van der Waals surface area (Å²) in [5, 5.41) is 0. The monoisotopic (exact) mass is 257 g/mol. The van der Waals surface area contributed by atoms with Crippen LogP contribution in [0.4, 0.5) is 0 Å². The van der Waals surface area contributed by atoms with E-state index in [9.17, 15) is 4.79 Å². The molecule has 0 bridgehead atoms. The Morgan fingerprint density at radius 1 is 1.22 bits per heavy atom. The smallest absolute Gasteiger partial charge is 0.251 e. The lowest BCUT2D eigenvalue weighted by Gasteiger charge is -2.37. The van der Waals surface area contributed by atoms with Gasteiger partial charge in [-0.2, -0.15) is 0 Å². The van der Waals surface area contributed by atoms with Crippen molar-refractivity contribution in [2.75, 3.05) is 6.54 Å². The standard InChI is InChI=1S/C14H31N3O/c1-6-9-13(14(18)16-15)17(10-11(4)5)12(7-2)8-3/h11-13H,6-10,15H2,1-5H3,(H,16,18). The van der Waals surface area contributed by atoms with Crippen LogP contribution >= 0.6 is 0 Å². The molecule has 0 aliphatic carbocycles. The zero-order valence-corrected chi connectivity index (χ0v) is 12.7. The number of hydrogen-bond acceptors (Lipinski definition) is 3. The average Bonchev–Trinajstić information content (AvgIpc) is 2.35. The van der Waals surface area contributed by atoms with Gasteiger partial charge in [-0.25, -0.2) is 5.84 Å². The first-order chi connectivity index (χ1) is 8.51. The number of nitrogens with two attached hydrogens (primary N) is 1. The van der Waals surface area contributed by atoms with E-state index in [2.05, 4.69) is 44.9 Å². The van der Waals surface area contributed by atoms with Gasteiger partial charge in [0.15, 0.2) is 0 Å². The molecule has 1 unspecified atom stereocenters. The largest absolute Gasteiger partial charge is 0.293 e. The van der Waals surface area contributed by atoms with Crippen molar-refractivity contribution in [3.8, 4) is 0 Å². The van der Waals surface area contributed by atoms with Crippen LogP contribution in [0.2, 0.25) is 0 Å². The van der Waals surface area contributed by atoms with Crippen LogP contribution in [-0.4, -0.2) is 29.4 Å². The summed E-state index contributed by atoms with van der Waals surface area (Å²) in [6, 6.07) is 0.369. The summed E-state index contributed by atoms with van der Waals surface area (Å²) in [5.41, 5.74) is 2.33. The highest BCUT2D eigenvalue weighted by Crippen LogP contribution is 2.18. The molecule has 0 aliphatic rings. The first-order valence-corrected chi connectivity index (χ1v) is 7.27. The number of carbonyl (C=O) groups is 1. The van der Waals surface area contributed by atoms with Gasteiger partial charge in [0.2, 0.25) is 0 Å². The van der Waals surface area contributed by atoms with Gasteiger partial charge in [-0.3, -0.25) is 15.1 Å². The first-order valence-electron chi connectivity index (χ1n) is 7.27. The molecule has 1 atom stereocenters. The van der Waals surface area contributed by atoms with Crippen molar-refractivity contribution in [2.24, 2.45) is 11.8 Å². The van der Waals surface area contributed by atoms with Gasteiger partial charge in [0.1, 0.15) is 0 Å². The van der Waals surface area contributed by atoms with E-state index in [1.807, 2.05) is 0 Å². The molecule has 0 aliphatic heterocycles. The van der Waals surface area contributed by atoms with Crippen molar-refractivity contribution in [1.29, 1.82) is 0 Å². The molecular formula is C14H31N3O. The van der Waals surface area contributed by atoms with Crippen LogP contribution in [0.5, 0.6) is 0 Å². The third-order valence-electron chi connectivity index (χ3n) is 3.39. The lowest BCUT2D eigenvalue weighted by molar-refractivity contribution is -0.128. The van der Waals surface area contributed by atoms with Crippen molar-refractivity contribution in [3.63, 3.8) is 0 Å². The molecule has 108 valence electrons. The predicted molar refractivity (Wildman–Crippen MR) is 76.9 cm³/mol. The van der Waals surface area contributed by atoms with Gasteiger partial charge in [-0.1, -0.05) is 41.0 Å². The number of hydrazine groups is 1. The Hall–Kier alpha value is -0.610. The molecule has 0 radical (unpaired) electrons. The van der Waals surface area contributed by atoms with Crippen LogP contribution in [0.25, 0.3) is 0 Å². The first kappa shape index (κ1) is 17.4. The summed E-state index contributed by atoms with van der Waals surface area (Å²) in [6.07, 6.45) is 4.00.